The van der Waals surface area contributed by atoms with Crippen molar-refractivity contribution in [2.45, 2.75) is 20.1 Å². The first-order valence-electron chi connectivity index (χ1n) is 7.91. The summed E-state index contributed by atoms with van der Waals surface area (Å²) in [6.45, 7) is 4.20. The lowest BCUT2D eigenvalue weighted by atomic mass is 10.1. The van der Waals surface area contributed by atoms with E-state index in [1.165, 1.54) is 0 Å². The first kappa shape index (κ1) is 17.7. The highest BCUT2D eigenvalue weighted by molar-refractivity contribution is 6.02. The van der Waals surface area contributed by atoms with Crippen LogP contribution in [0.5, 0.6) is 0 Å². The van der Waals surface area contributed by atoms with Gasteiger partial charge in [0, 0.05) is 12.2 Å². The van der Waals surface area contributed by atoms with Crippen LogP contribution in [0, 0.1) is 0 Å². The van der Waals surface area contributed by atoms with Gasteiger partial charge in [0.1, 0.15) is 0 Å². The molecule has 5 nitrogen and oxygen atoms in total. The summed E-state index contributed by atoms with van der Waals surface area (Å²) in [5, 5.41) is 3.01. The number of carbonyl (C=O) groups is 2. The van der Waals surface area contributed by atoms with Gasteiger partial charge >= 0.3 is 5.97 Å². The number of carbonyl (C=O) groups excluding carboxylic acids is 2. The SMILES string of the molecule is CCOC(=O)c1ccccc1NC(OCC)C(=O)c1ccccc1. The second kappa shape index (κ2) is 8.84. The molecule has 0 spiro atoms. The van der Waals surface area contributed by atoms with Crippen molar-refractivity contribution in [1.29, 1.82) is 0 Å². The average molecular weight is 327 g/mol. The molecule has 2 aromatic carbocycles. The number of Topliss-reactive ketones (excluding diaryl/α,β-unsaturated/α-hetero) is 1. The highest BCUT2D eigenvalue weighted by Crippen LogP contribution is 2.19. The van der Waals surface area contributed by atoms with E-state index in [9.17, 15) is 9.59 Å². The van der Waals surface area contributed by atoms with Crippen LogP contribution in [0.25, 0.3) is 0 Å². The number of ketones is 1. The molecule has 2 aromatic rings. The zero-order valence-corrected chi connectivity index (χ0v) is 13.8. The molecular formula is C19H21NO4. The Morgan fingerprint density at radius 1 is 0.958 bits per heavy atom. The molecule has 1 N–H and O–H groups in total. The summed E-state index contributed by atoms with van der Waals surface area (Å²) >= 11 is 0. The number of para-hydroxylation sites is 1. The fraction of sp³-hybridized carbons (Fsp3) is 0.263. The van der Waals surface area contributed by atoms with Gasteiger partial charge < -0.3 is 14.8 Å². The van der Waals surface area contributed by atoms with Gasteiger partial charge in [-0.15, -0.1) is 0 Å². The van der Waals surface area contributed by atoms with Gasteiger partial charge in [0.15, 0.2) is 6.23 Å². The minimum Gasteiger partial charge on any atom is -0.462 e. The van der Waals surface area contributed by atoms with Crippen molar-refractivity contribution in [3.05, 3.63) is 65.7 Å². The third kappa shape index (κ3) is 4.43. The molecule has 1 unspecified atom stereocenters. The summed E-state index contributed by atoms with van der Waals surface area (Å²) in [6, 6.07) is 15.8. The lowest BCUT2D eigenvalue weighted by Gasteiger charge is -2.20. The predicted octanol–water partition coefficient (Wildman–Crippen LogP) is 3.52. The van der Waals surface area contributed by atoms with Crippen LogP contribution in [-0.2, 0) is 9.47 Å². The molecule has 0 radical (unpaired) electrons. The highest BCUT2D eigenvalue weighted by Gasteiger charge is 2.22. The van der Waals surface area contributed by atoms with E-state index in [-0.39, 0.29) is 12.4 Å². The van der Waals surface area contributed by atoms with Gasteiger partial charge in [-0.25, -0.2) is 4.79 Å². The number of esters is 1. The Labute approximate surface area is 141 Å². The molecular weight excluding hydrogens is 306 g/mol. The van der Waals surface area contributed by atoms with Gasteiger partial charge in [0.05, 0.1) is 17.9 Å². The maximum Gasteiger partial charge on any atom is 0.340 e. The van der Waals surface area contributed by atoms with E-state index in [1.807, 2.05) is 13.0 Å². The summed E-state index contributed by atoms with van der Waals surface area (Å²) in [7, 11) is 0. The standard InChI is InChI=1S/C19H21NO4/c1-3-23-18(17(21)14-10-6-5-7-11-14)20-16-13-9-8-12-15(16)19(22)24-4-2/h5-13,18,20H,3-4H2,1-2H3. The Hall–Kier alpha value is -2.66. The lowest BCUT2D eigenvalue weighted by molar-refractivity contribution is 0.0515. The van der Waals surface area contributed by atoms with E-state index < -0.39 is 12.2 Å². The van der Waals surface area contributed by atoms with Crippen LogP contribution < -0.4 is 5.32 Å². The fourth-order valence-corrected chi connectivity index (χ4v) is 2.24. The van der Waals surface area contributed by atoms with Crippen LogP contribution >= 0.6 is 0 Å². The quantitative estimate of drug-likeness (QED) is 0.456. The number of benzene rings is 2. The molecule has 126 valence electrons. The van der Waals surface area contributed by atoms with E-state index in [0.29, 0.717) is 23.4 Å². The molecule has 0 fully saturated rings. The molecule has 0 aromatic heterocycles. The Morgan fingerprint density at radius 2 is 1.62 bits per heavy atom. The van der Waals surface area contributed by atoms with Gasteiger partial charge in [0.2, 0.25) is 5.78 Å². The largest absolute Gasteiger partial charge is 0.462 e. The molecule has 0 amide bonds. The van der Waals surface area contributed by atoms with Crippen LogP contribution in [-0.4, -0.2) is 31.2 Å². The van der Waals surface area contributed by atoms with Gasteiger partial charge in [-0.1, -0.05) is 42.5 Å². The van der Waals surface area contributed by atoms with Gasteiger partial charge in [-0.05, 0) is 26.0 Å². The molecule has 5 heteroatoms. The van der Waals surface area contributed by atoms with Crippen molar-refractivity contribution in [2.24, 2.45) is 0 Å². The van der Waals surface area contributed by atoms with E-state index in [2.05, 4.69) is 5.32 Å². The molecule has 0 aliphatic rings. The van der Waals surface area contributed by atoms with Crippen molar-refractivity contribution < 1.29 is 19.1 Å². The van der Waals surface area contributed by atoms with Crippen LogP contribution in [0.4, 0.5) is 5.69 Å². The molecule has 0 saturated carbocycles. The molecule has 2 rings (SSSR count). The first-order chi connectivity index (χ1) is 11.7. The van der Waals surface area contributed by atoms with Crippen molar-refractivity contribution in [3.8, 4) is 0 Å². The van der Waals surface area contributed by atoms with Crippen molar-refractivity contribution >= 4 is 17.4 Å². The monoisotopic (exact) mass is 327 g/mol. The van der Waals surface area contributed by atoms with Crippen LogP contribution in [0.15, 0.2) is 54.6 Å². The molecule has 0 bridgehead atoms. The van der Waals surface area contributed by atoms with Crippen molar-refractivity contribution in [1.82, 2.24) is 0 Å². The molecule has 1 atom stereocenters. The third-order valence-corrected chi connectivity index (χ3v) is 3.34. The predicted molar refractivity (Wildman–Crippen MR) is 92.2 cm³/mol. The normalized spacial score (nSPS) is 11.6. The highest BCUT2D eigenvalue weighted by atomic mass is 16.5. The Morgan fingerprint density at radius 3 is 2.29 bits per heavy atom. The molecule has 24 heavy (non-hydrogen) atoms. The molecule has 0 heterocycles. The van der Waals surface area contributed by atoms with E-state index in [0.717, 1.165) is 0 Å². The number of anilines is 1. The molecule has 0 aliphatic carbocycles. The summed E-state index contributed by atoms with van der Waals surface area (Å²) in [6.07, 6.45) is -0.882. The van der Waals surface area contributed by atoms with Crippen molar-refractivity contribution in [2.75, 3.05) is 18.5 Å². The summed E-state index contributed by atoms with van der Waals surface area (Å²) in [4.78, 5) is 24.7. The second-order valence-corrected chi connectivity index (χ2v) is 4.98. The maximum absolute atomic E-state index is 12.6. The number of hydrogen-bond donors (Lipinski definition) is 1. The Bertz CT molecular complexity index is 685. The minimum atomic E-state index is -0.882. The van der Waals surface area contributed by atoms with E-state index in [1.54, 1.807) is 55.5 Å². The summed E-state index contributed by atoms with van der Waals surface area (Å²) in [5.74, 6) is -0.640. The zero-order valence-electron chi connectivity index (χ0n) is 13.8. The number of ether oxygens (including phenoxy) is 2. The smallest absolute Gasteiger partial charge is 0.340 e. The maximum atomic E-state index is 12.6. The van der Waals surface area contributed by atoms with E-state index >= 15 is 0 Å². The third-order valence-electron chi connectivity index (χ3n) is 3.34. The van der Waals surface area contributed by atoms with Gasteiger partial charge in [0.25, 0.3) is 0 Å². The number of nitrogens with one attached hydrogen (secondary N) is 1. The zero-order chi connectivity index (χ0) is 17.4. The van der Waals surface area contributed by atoms with Crippen LogP contribution in [0.1, 0.15) is 34.6 Å². The molecule has 0 aliphatic heterocycles. The Balaban J connectivity index is 2.25. The topological polar surface area (TPSA) is 64.6 Å². The van der Waals surface area contributed by atoms with Crippen LogP contribution in [0.2, 0.25) is 0 Å². The summed E-state index contributed by atoms with van der Waals surface area (Å²) < 4.78 is 10.6. The Kier molecular flexibility index (Phi) is 6.51. The minimum absolute atomic E-state index is 0.198. The van der Waals surface area contributed by atoms with Crippen LogP contribution in [0.3, 0.4) is 0 Å². The average Bonchev–Trinajstić information content (AvgIpc) is 2.62. The number of hydrogen-bond acceptors (Lipinski definition) is 5. The first-order valence-corrected chi connectivity index (χ1v) is 7.91. The molecule has 0 saturated heterocycles. The van der Waals surface area contributed by atoms with Crippen molar-refractivity contribution in [3.63, 3.8) is 0 Å². The summed E-state index contributed by atoms with van der Waals surface area (Å²) in [5.41, 5.74) is 1.40. The lowest BCUT2D eigenvalue weighted by Crippen LogP contribution is -2.33. The van der Waals surface area contributed by atoms with Gasteiger partial charge in [-0.3, -0.25) is 4.79 Å². The number of rotatable bonds is 8. The van der Waals surface area contributed by atoms with E-state index in [4.69, 9.17) is 9.47 Å². The second-order valence-electron chi connectivity index (χ2n) is 4.98. The fourth-order valence-electron chi connectivity index (χ4n) is 2.24. The van der Waals surface area contributed by atoms with Gasteiger partial charge in [-0.2, -0.15) is 0 Å².